The van der Waals surface area contributed by atoms with Crippen LogP contribution in [0.15, 0.2) is 18.2 Å². The van der Waals surface area contributed by atoms with Gasteiger partial charge in [-0.2, -0.15) is 13.2 Å². The zero-order valence-electron chi connectivity index (χ0n) is 14.4. The minimum Gasteiger partial charge on any atom is -0.469 e. The molecule has 0 aliphatic heterocycles. The molecule has 3 nitrogen and oxygen atoms in total. The van der Waals surface area contributed by atoms with E-state index in [2.05, 4.69) is 4.90 Å². The van der Waals surface area contributed by atoms with Crippen LogP contribution in [0.1, 0.15) is 43.7 Å². The molecule has 25 heavy (non-hydrogen) atoms. The first-order valence-corrected chi connectivity index (χ1v) is 8.95. The molecule has 0 atom stereocenters. The molecule has 140 valence electrons. The summed E-state index contributed by atoms with van der Waals surface area (Å²) in [6.07, 6.45) is -1.32. The summed E-state index contributed by atoms with van der Waals surface area (Å²) in [6.45, 7) is 2.64. The van der Waals surface area contributed by atoms with Gasteiger partial charge in [0.25, 0.3) is 0 Å². The highest BCUT2D eigenvalue weighted by Crippen LogP contribution is 2.36. The maximum atomic E-state index is 12.9. The molecule has 1 aliphatic carbocycles. The van der Waals surface area contributed by atoms with Crippen molar-refractivity contribution in [1.29, 1.82) is 0 Å². The summed E-state index contributed by atoms with van der Waals surface area (Å²) in [6, 6.07) is 3.93. The molecule has 1 aromatic rings. The van der Waals surface area contributed by atoms with Crippen molar-refractivity contribution in [3.8, 4) is 0 Å². The van der Waals surface area contributed by atoms with Crippen LogP contribution < -0.4 is 4.90 Å². The van der Waals surface area contributed by atoms with Gasteiger partial charge >= 0.3 is 12.1 Å². The topological polar surface area (TPSA) is 29.5 Å². The fraction of sp³-hybridized carbons (Fsp3) is 0.611. The van der Waals surface area contributed by atoms with Crippen molar-refractivity contribution in [2.75, 3.05) is 18.6 Å². The Bertz CT molecular complexity index is 598. The molecular formula is C18H23ClF3NO2. The minimum atomic E-state index is -4.38. The lowest BCUT2D eigenvalue weighted by Gasteiger charge is -2.38. The Balaban J connectivity index is 2.19. The number of carbonyl (C=O) groups is 1. The van der Waals surface area contributed by atoms with Gasteiger partial charge in [0, 0.05) is 24.2 Å². The molecule has 0 spiro atoms. The summed E-state index contributed by atoms with van der Waals surface area (Å²) >= 11 is 5.92. The Hall–Kier alpha value is -1.43. The first kappa shape index (κ1) is 19.9. The number of benzene rings is 1. The zero-order chi connectivity index (χ0) is 18.6. The number of esters is 1. The quantitative estimate of drug-likeness (QED) is 0.534. The van der Waals surface area contributed by atoms with Gasteiger partial charge in [-0.25, -0.2) is 0 Å². The number of nitrogens with zero attached hydrogens (tertiary/aromatic N) is 1. The Kier molecular flexibility index (Phi) is 6.60. The molecular weight excluding hydrogens is 355 g/mol. The summed E-state index contributed by atoms with van der Waals surface area (Å²) in [7, 11) is 1.39. The number of hydrogen-bond acceptors (Lipinski definition) is 3. The summed E-state index contributed by atoms with van der Waals surface area (Å²) in [5.74, 6) is -0.245. The second-order valence-electron chi connectivity index (χ2n) is 6.29. The molecule has 0 saturated heterocycles. The minimum absolute atomic E-state index is 0.0211. The second-order valence-corrected chi connectivity index (χ2v) is 6.56. The van der Waals surface area contributed by atoms with Crippen molar-refractivity contribution < 1.29 is 22.7 Å². The average molecular weight is 378 g/mol. The van der Waals surface area contributed by atoms with Gasteiger partial charge in [0.15, 0.2) is 0 Å². The zero-order valence-corrected chi connectivity index (χ0v) is 15.2. The number of ether oxygens (including phenoxy) is 1. The van der Waals surface area contributed by atoms with Crippen LogP contribution in [-0.4, -0.2) is 25.7 Å². The maximum absolute atomic E-state index is 12.9. The van der Waals surface area contributed by atoms with E-state index in [1.165, 1.54) is 13.2 Å². The SMILES string of the molecule is CCN(c1ccc(C(F)(F)F)cc1CCl)C1CCC(C(=O)OC)CC1. The third-order valence-corrected chi connectivity index (χ3v) is 5.16. The van der Waals surface area contributed by atoms with Gasteiger partial charge in [0.1, 0.15) is 0 Å². The van der Waals surface area contributed by atoms with Crippen molar-refractivity contribution in [3.63, 3.8) is 0 Å². The lowest BCUT2D eigenvalue weighted by Crippen LogP contribution is -2.39. The number of carbonyl (C=O) groups excluding carboxylic acids is 1. The van der Waals surface area contributed by atoms with E-state index in [1.807, 2.05) is 6.92 Å². The molecule has 1 saturated carbocycles. The van der Waals surface area contributed by atoms with Gasteiger partial charge < -0.3 is 9.64 Å². The second kappa shape index (κ2) is 8.30. The van der Waals surface area contributed by atoms with Gasteiger partial charge in [-0.3, -0.25) is 4.79 Å². The van der Waals surface area contributed by atoms with Crippen molar-refractivity contribution >= 4 is 23.3 Å². The molecule has 1 aliphatic rings. The predicted molar refractivity (Wildman–Crippen MR) is 91.8 cm³/mol. The van der Waals surface area contributed by atoms with Crippen LogP contribution in [0, 0.1) is 5.92 Å². The molecule has 0 aromatic heterocycles. The molecule has 1 aromatic carbocycles. The van der Waals surface area contributed by atoms with E-state index < -0.39 is 11.7 Å². The van der Waals surface area contributed by atoms with Gasteiger partial charge in [-0.15, -0.1) is 11.6 Å². The molecule has 0 radical (unpaired) electrons. The lowest BCUT2D eigenvalue weighted by molar-refractivity contribution is -0.146. The summed E-state index contributed by atoms with van der Waals surface area (Å²) in [5, 5.41) is 0. The average Bonchev–Trinajstić information content (AvgIpc) is 2.61. The highest BCUT2D eigenvalue weighted by atomic mass is 35.5. The lowest BCUT2D eigenvalue weighted by atomic mass is 9.85. The molecule has 0 bridgehead atoms. The fourth-order valence-electron chi connectivity index (χ4n) is 3.56. The summed E-state index contributed by atoms with van der Waals surface area (Å²) < 4.78 is 43.6. The Labute approximate surface area is 151 Å². The number of anilines is 1. The van der Waals surface area contributed by atoms with Gasteiger partial charge in [0.05, 0.1) is 18.6 Å². The molecule has 0 N–H and O–H groups in total. The van der Waals surface area contributed by atoms with Crippen molar-refractivity contribution in [1.82, 2.24) is 0 Å². The third kappa shape index (κ3) is 4.60. The molecule has 1 fully saturated rings. The standard InChI is InChI=1S/C18H23ClF3NO2/c1-3-23(15-7-4-12(5-8-15)17(24)25-2)16-9-6-14(18(20,21)22)10-13(16)11-19/h6,9-10,12,15H,3-5,7-8,11H2,1-2H3. The molecule has 7 heteroatoms. The van der Waals surface area contributed by atoms with E-state index in [0.717, 1.165) is 43.5 Å². The fourth-order valence-corrected chi connectivity index (χ4v) is 3.78. The maximum Gasteiger partial charge on any atom is 0.416 e. The van der Waals surface area contributed by atoms with Gasteiger partial charge in [0.2, 0.25) is 0 Å². The highest BCUT2D eigenvalue weighted by Gasteiger charge is 2.33. The third-order valence-electron chi connectivity index (χ3n) is 4.87. The number of methoxy groups -OCH3 is 1. The first-order valence-electron chi connectivity index (χ1n) is 8.42. The van der Waals surface area contributed by atoms with Crippen LogP contribution in [0.2, 0.25) is 0 Å². The molecule has 0 unspecified atom stereocenters. The highest BCUT2D eigenvalue weighted by molar-refractivity contribution is 6.17. The van der Waals surface area contributed by atoms with E-state index in [1.54, 1.807) is 0 Å². The van der Waals surface area contributed by atoms with Crippen molar-refractivity contribution in [2.24, 2.45) is 5.92 Å². The van der Waals surface area contributed by atoms with Crippen LogP contribution >= 0.6 is 11.6 Å². The van der Waals surface area contributed by atoms with Crippen LogP contribution in [0.3, 0.4) is 0 Å². The van der Waals surface area contributed by atoms with Gasteiger partial charge in [-0.1, -0.05) is 0 Å². The smallest absolute Gasteiger partial charge is 0.416 e. The Morgan fingerprint density at radius 1 is 1.28 bits per heavy atom. The van der Waals surface area contributed by atoms with Crippen molar-refractivity contribution in [2.45, 2.75) is 50.7 Å². The summed E-state index contributed by atoms with van der Waals surface area (Å²) in [5.41, 5.74) is 0.540. The van der Waals surface area contributed by atoms with Crippen LogP contribution in [-0.2, 0) is 21.6 Å². The van der Waals surface area contributed by atoms with E-state index in [-0.39, 0.29) is 23.8 Å². The van der Waals surface area contributed by atoms with Crippen LogP contribution in [0.5, 0.6) is 0 Å². The molecule has 0 amide bonds. The van der Waals surface area contributed by atoms with Crippen LogP contribution in [0.4, 0.5) is 18.9 Å². The van der Waals surface area contributed by atoms with E-state index >= 15 is 0 Å². The van der Waals surface area contributed by atoms with Crippen LogP contribution in [0.25, 0.3) is 0 Å². The molecule has 0 heterocycles. The number of hydrogen-bond donors (Lipinski definition) is 0. The number of alkyl halides is 4. The van der Waals surface area contributed by atoms with Crippen molar-refractivity contribution in [3.05, 3.63) is 29.3 Å². The predicted octanol–water partition coefficient (Wildman–Crippen LogP) is 5.00. The van der Waals surface area contributed by atoms with E-state index in [4.69, 9.17) is 16.3 Å². The first-order chi connectivity index (χ1) is 11.8. The molecule has 2 rings (SSSR count). The monoisotopic (exact) mass is 377 g/mol. The Morgan fingerprint density at radius 2 is 1.92 bits per heavy atom. The van der Waals surface area contributed by atoms with E-state index in [9.17, 15) is 18.0 Å². The van der Waals surface area contributed by atoms with E-state index in [0.29, 0.717) is 12.1 Å². The Morgan fingerprint density at radius 3 is 2.40 bits per heavy atom. The number of halogens is 4. The normalized spacial score (nSPS) is 21.0. The summed E-state index contributed by atoms with van der Waals surface area (Å²) in [4.78, 5) is 13.8. The number of rotatable bonds is 5. The van der Waals surface area contributed by atoms with Gasteiger partial charge in [-0.05, 0) is 56.4 Å². The largest absolute Gasteiger partial charge is 0.469 e.